The van der Waals surface area contributed by atoms with Gasteiger partial charge in [0.2, 0.25) is 11.8 Å². The van der Waals surface area contributed by atoms with E-state index in [1.807, 2.05) is 0 Å². The predicted octanol–water partition coefficient (Wildman–Crippen LogP) is 4.15. The van der Waals surface area contributed by atoms with Crippen molar-refractivity contribution in [3.05, 3.63) is 63.1 Å². The van der Waals surface area contributed by atoms with Crippen molar-refractivity contribution in [2.24, 2.45) is 0 Å². The molecule has 2 aromatic carbocycles. The van der Waals surface area contributed by atoms with Crippen LogP contribution < -0.4 is 14.8 Å². The number of amides is 2. The number of nitrogens with zero attached hydrogens (tertiary/aromatic N) is 3. The van der Waals surface area contributed by atoms with Crippen molar-refractivity contribution in [3.8, 4) is 11.5 Å². The highest BCUT2D eigenvalue weighted by Gasteiger charge is 2.33. The zero-order valence-corrected chi connectivity index (χ0v) is 17.8. The number of anilines is 1. The number of halogens is 1. The minimum Gasteiger partial charge on any atom is -0.454 e. The maximum atomic E-state index is 13.0. The van der Waals surface area contributed by atoms with Crippen molar-refractivity contribution in [2.75, 3.05) is 18.7 Å². The third-order valence-electron chi connectivity index (χ3n) is 5.14. The van der Waals surface area contributed by atoms with E-state index in [1.54, 1.807) is 47.4 Å². The molecule has 1 fully saturated rings. The van der Waals surface area contributed by atoms with E-state index >= 15 is 0 Å². The number of aromatic nitrogens is 2. The lowest BCUT2D eigenvalue weighted by Gasteiger charge is -2.22. The molecule has 10 heteroatoms. The highest BCUT2D eigenvalue weighted by Crippen LogP contribution is 2.36. The van der Waals surface area contributed by atoms with Crippen LogP contribution >= 0.6 is 22.9 Å². The van der Waals surface area contributed by atoms with Gasteiger partial charge in [0.05, 0.1) is 6.04 Å². The Balaban J connectivity index is 1.31. The molecule has 8 nitrogen and oxygen atoms in total. The third-order valence-corrected chi connectivity index (χ3v) is 6.39. The van der Waals surface area contributed by atoms with Crippen molar-refractivity contribution in [2.45, 2.75) is 18.9 Å². The molecule has 0 saturated carbocycles. The molecular formula is C21H17ClN4O4S. The lowest BCUT2D eigenvalue weighted by molar-refractivity contribution is 0.0735. The van der Waals surface area contributed by atoms with Crippen LogP contribution in [0.4, 0.5) is 5.69 Å². The number of carbonyl (C=O) groups is 2. The molecule has 3 aromatic rings. The van der Waals surface area contributed by atoms with E-state index in [4.69, 9.17) is 21.1 Å². The van der Waals surface area contributed by atoms with Crippen LogP contribution in [0, 0.1) is 0 Å². The summed E-state index contributed by atoms with van der Waals surface area (Å²) in [6, 6.07) is 11.8. The smallest absolute Gasteiger partial charge is 0.286 e. The molecule has 5 rings (SSSR count). The Bertz CT molecular complexity index is 1170. The van der Waals surface area contributed by atoms with Crippen LogP contribution in [0.2, 0.25) is 5.02 Å². The van der Waals surface area contributed by atoms with Crippen LogP contribution in [0.5, 0.6) is 11.5 Å². The number of hydrogen-bond donors (Lipinski definition) is 1. The highest BCUT2D eigenvalue weighted by atomic mass is 35.5. The second-order valence-corrected chi connectivity index (χ2v) is 8.58. The summed E-state index contributed by atoms with van der Waals surface area (Å²) in [7, 11) is 0. The summed E-state index contributed by atoms with van der Waals surface area (Å²) in [4.78, 5) is 27.4. The number of rotatable bonds is 4. The zero-order valence-electron chi connectivity index (χ0n) is 16.2. The minimum atomic E-state index is -0.367. The van der Waals surface area contributed by atoms with E-state index in [0.29, 0.717) is 39.3 Å². The van der Waals surface area contributed by atoms with E-state index in [-0.39, 0.29) is 29.7 Å². The monoisotopic (exact) mass is 456 g/mol. The topological polar surface area (TPSA) is 93.7 Å². The highest BCUT2D eigenvalue weighted by molar-refractivity contribution is 7.13. The van der Waals surface area contributed by atoms with Crippen LogP contribution in [0.25, 0.3) is 0 Å². The Kier molecular flexibility index (Phi) is 5.21. The molecule has 2 aliphatic rings. The first kappa shape index (κ1) is 19.8. The molecule has 1 unspecified atom stereocenters. The van der Waals surface area contributed by atoms with Gasteiger partial charge in [-0.3, -0.25) is 9.59 Å². The fourth-order valence-electron chi connectivity index (χ4n) is 3.67. The first-order valence-electron chi connectivity index (χ1n) is 9.69. The van der Waals surface area contributed by atoms with Gasteiger partial charge in [0.1, 0.15) is 5.01 Å². The SMILES string of the molecule is O=C(Nc1ccc2c(c1)OCO2)c1nnc(C2CCCN2C(=O)c2cccc(Cl)c2)s1. The number of ether oxygens (including phenoxy) is 2. The molecule has 2 aliphatic heterocycles. The molecule has 158 valence electrons. The molecule has 0 spiro atoms. The number of likely N-dealkylation sites (tertiary alicyclic amines) is 1. The van der Waals surface area contributed by atoms with Gasteiger partial charge >= 0.3 is 0 Å². The molecule has 1 N–H and O–H groups in total. The summed E-state index contributed by atoms with van der Waals surface area (Å²) >= 11 is 7.23. The van der Waals surface area contributed by atoms with E-state index in [0.717, 1.165) is 12.8 Å². The second kappa shape index (κ2) is 8.16. The summed E-state index contributed by atoms with van der Waals surface area (Å²) in [6.07, 6.45) is 1.62. The number of carbonyl (C=O) groups excluding carboxylic acids is 2. The van der Waals surface area contributed by atoms with Gasteiger partial charge in [0, 0.05) is 28.9 Å². The first-order valence-corrected chi connectivity index (χ1v) is 10.9. The van der Waals surface area contributed by atoms with Gasteiger partial charge in [0.15, 0.2) is 11.5 Å². The molecular weight excluding hydrogens is 440 g/mol. The Labute approximate surface area is 186 Å². The van der Waals surface area contributed by atoms with Gasteiger partial charge < -0.3 is 19.7 Å². The summed E-state index contributed by atoms with van der Waals surface area (Å²) < 4.78 is 10.6. The van der Waals surface area contributed by atoms with Crippen molar-refractivity contribution in [1.29, 1.82) is 0 Å². The molecule has 1 atom stereocenters. The van der Waals surface area contributed by atoms with E-state index in [2.05, 4.69) is 15.5 Å². The quantitative estimate of drug-likeness (QED) is 0.633. The van der Waals surface area contributed by atoms with Gasteiger partial charge in [-0.25, -0.2) is 0 Å². The van der Waals surface area contributed by atoms with Crippen molar-refractivity contribution >= 4 is 40.4 Å². The van der Waals surface area contributed by atoms with Gasteiger partial charge in [0.25, 0.3) is 11.8 Å². The van der Waals surface area contributed by atoms with Crippen molar-refractivity contribution in [3.63, 3.8) is 0 Å². The average Bonchev–Trinajstić information content (AvgIpc) is 3.52. The molecule has 3 heterocycles. The lowest BCUT2D eigenvalue weighted by atomic mass is 10.1. The molecule has 2 amide bonds. The Morgan fingerprint density at radius 2 is 2.00 bits per heavy atom. The fraction of sp³-hybridized carbons (Fsp3) is 0.238. The zero-order chi connectivity index (χ0) is 21.4. The van der Waals surface area contributed by atoms with Crippen LogP contribution in [0.3, 0.4) is 0 Å². The first-order chi connectivity index (χ1) is 15.1. The van der Waals surface area contributed by atoms with Gasteiger partial charge in [-0.15, -0.1) is 10.2 Å². The molecule has 1 aromatic heterocycles. The van der Waals surface area contributed by atoms with Gasteiger partial charge in [-0.2, -0.15) is 0 Å². The van der Waals surface area contributed by atoms with Gasteiger partial charge in [-0.05, 0) is 43.2 Å². The normalized spacial score (nSPS) is 17.1. The molecule has 1 saturated heterocycles. The molecule has 31 heavy (non-hydrogen) atoms. The largest absolute Gasteiger partial charge is 0.454 e. The van der Waals surface area contributed by atoms with E-state index in [1.165, 1.54) is 11.3 Å². The lowest BCUT2D eigenvalue weighted by Crippen LogP contribution is -2.30. The van der Waals surface area contributed by atoms with Crippen molar-refractivity contribution in [1.82, 2.24) is 15.1 Å². The number of fused-ring (bicyclic) bond motifs is 1. The second-order valence-electron chi connectivity index (χ2n) is 7.13. The molecule has 0 aliphatic carbocycles. The van der Waals surface area contributed by atoms with Crippen LogP contribution in [0.1, 0.15) is 44.1 Å². The maximum absolute atomic E-state index is 13.0. The Hall–Kier alpha value is -3.17. The van der Waals surface area contributed by atoms with Crippen LogP contribution in [-0.2, 0) is 0 Å². The summed E-state index contributed by atoms with van der Waals surface area (Å²) in [5.41, 5.74) is 1.11. The van der Waals surface area contributed by atoms with Gasteiger partial charge in [-0.1, -0.05) is 29.0 Å². The number of nitrogens with one attached hydrogen (secondary N) is 1. The molecule has 0 bridgehead atoms. The number of hydrogen-bond acceptors (Lipinski definition) is 7. The fourth-order valence-corrected chi connectivity index (χ4v) is 4.75. The van der Waals surface area contributed by atoms with E-state index in [9.17, 15) is 9.59 Å². The molecule has 0 radical (unpaired) electrons. The van der Waals surface area contributed by atoms with Crippen LogP contribution in [-0.4, -0.2) is 40.2 Å². The maximum Gasteiger partial charge on any atom is 0.286 e. The Morgan fingerprint density at radius 3 is 2.87 bits per heavy atom. The minimum absolute atomic E-state index is 0.105. The van der Waals surface area contributed by atoms with Crippen LogP contribution in [0.15, 0.2) is 42.5 Å². The summed E-state index contributed by atoms with van der Waals surface area (Å²) in [5.74, 6) is 0.749. The van der Waals surface area contributed by atoms with Crippen molar-refractivity contribution < 1.29 is 19.1 Å². The summed E-state index contributed by atoms with van der Waals surface area (Å²) in [5, 5.41) is 12.4. The predicted molar refractivity (Wildman–Crippen MR) is 115 cm³/mol. The number of benzene rings is 2. The standard InChI is InChI=1S/C21H17ClN4O4S/c22-13-4-1-3-12(9-13)21(28)26-8-2-5-15(26)19-24-25-20(31-19)18(27)23-14-6-7-16-17(10-14)30-11-29-16/h1,3-4,6-7,9-10,15H,2,5,8,11H2,(H,23,27). The van der Waals surface area contributed by atoms with E-state index < -0.39 is 0 Å². The average molecular weight is 457 g/mol. The third kappa shape index (κ3) is 3.94. The summed E-state index contributed by atoms with van der Waals surface area (Å²) in [6.45, 7) is 0.784. The Morgan fingerprint density at radius 1 is 1.13 bits per heavy atom.